The summed E-state index contributed by atoms with van der Waals surface area (Å²) in [5.41, 5.74) is 4.10. The third-order valence-electron chi connectivity index (χ3n) is 5.28. The lowest BCUT2D eigenvalue weighted by Gasteiger charge is -2.34. The highest BCUT2D eigenvalue weighted by Gasteiger charge is 2.30. The maximum Gasteiger partial charge on any atom is 0.271 e. The fourth-order valence-electron chi connectivity index (χ4n) is 4.27. The Kier molecular flexibility index (Phi) is 5.72. The minimum Gasteiger partial charge on any atom is -0.267 e. The van der Waals surface area contributed by atoms with E-state index < -0.39 is 10.0 Å². The molecule has 0 bridgehead atoms. The molecular weight excluding hydrogens is 362 g/mol. The molecule has 2 aliphatic rings. The number of amides is 1. The van der Waals surface area contributed by atoms with E-state index in [0.717, 1.165) is 37.8 Å². The van der Waals surface area contributed by atoms with Crippen LogP contribution in [0.4, 0.5) is 0 Å². The standard InChI is InChI=1S/C20H29N3O3S/c1-15-11-17(14-20(2,3)13-15)21-22-19(24)16-7-6-8-18(12-16)27(25,26)23-9-4-5-10-23/h6-8,12,15H,4-5,9-11,13-14H2,1-3H3,(H,22,24)/b21-17+/t15-/m1/s1. The van der Waals surface area contributed by atoms with Gasteiger partial charge in [-0.2, -0.15) is 9.41 Å². The number of rotatable bonds is 4. The van der Waals surface area contributed by atoms with Gasteiger partial charge in [-0.3, -0.25) is 4.79 Å². The fraction of sp³-hybridized carbons (Fsp3) is 0.600. The molecule has 0 aromatic heterocycles. The summed E-state index contributed by atoms with van der Waals surface area (Å²) in [5, 5.41) is 4.33. The van der Waals surface area contributed by atoms with Gasteiger partial charge < -0.3 is 0 Å². The van der Waals surface area contributed by atoms with E-state index in [4.69, 9.17) is 0 Å². The van der Waals surface area contributed by atoms with Gasteiger partial charge in [0, 0.05) is 24.4 Å². The number of benzene rings is 1. The lowest BCUT2D eigenvalue weighted by molar-refractivity contribution is 0.0953. The van der Waals surface area contributed by atoms with Crippen molar-refractivity contribution >= 4 is 21.6 Å². The van der Waals surface area contributed by atoms with Crippen molar-refractivity contribution in [3.63, 3.8) is 0 Å². The fourth-order valence-corrected chi connectivity index (χ4v) is 5.83. The smallest absolute Gasteiger partial charge is 0.267 e. The van der Waals surface area contributed by atoms with Gasteiger partial charge in [-0.25, -0.2) is 13.8 Å². The molecule has 1 aromatic rings. The highest BCUT2D eigenvalue weighted by atomic mass is 32.2. The van der Waals surface area contributed by atoms with E-state index in [-0.39, 0.29) is 16.2 Å². The molecule has 1 amide bonds. The van der Waals surface area contributed by atoms with Crippen molar-refractivity contribution in [1.82, 2.24) is 9.73 Å². The average Bonchev–Trinajstić information content (AvgIpc) is 3.13. The van der Waals surface area contributed by atoms with E-state index >= 15 is 0 Å². The number of carbonyl (C=O) groups is 1. The quantitative estimate of drug-likeness (QED) is 0.799. The summed E-state index contributed by atoms with van der Waals surface area (Å²) < 4.78 is 26.9. The Morgan fingerprint density at radius 1 is 1.26 bits per heavy atom. The Labute approximate surface area is 162 Å². The molecule has 0 radical (unpaired) electrons. The lowest BCUT2D eigenvalue weighted by atomic mass is 9.72. The predicted octanol–water partition coefficient (Wildman–Crippen LogP) is 3.40. The number of nitrogens with one attached hydrogen (secondary N) is 1. The second kappa shape index (κ2) is 7.72. The Balaban J connectivity index is 1.73. The molecule has 3 rings (SSSR count). The SMILES string of the molecule is C[C@@H]1C/C(=N\NC(=O)c2cccc(S(=O)(=O)N3CCCC3)c2)CC(C)(C)C1. The van der Waals surface area contributed by atoms with Crippen LogP contribution in [-0.4, -0.2) is 37.4 Å². The van der Waals surface area contributed by atoms with Crippen molar-refractivity contribution in [3.8, 4) is 0 Å². The minimum absolute atomic E-state index is 0.164. The molecule has 1 aromatic carbocycles. The van der Waals surface area contributed by atoms with Crippen molar-refractivity contribution in [2.45, 2.75) is 57.8 Å². The number of sulfonamides is 1. The minimum atomic E-state index is -3.54. The lowest BCUT2D eigenvalue weighted by Crippen LogP contribution is -2.30. The van der Waals surface area contributed by atoms with Crippen LogP contribution in [0.15, 0.2) is 34.3 Å². The highest BCUT2D eigenvalue weighted by Crippen LogP contribution is 2.36. The van der Waals surface area contributed by atoms with Crippen LogP contribution in [0.3, 0.4) is 0 Å². The molecule has 1 saturated heterocycles. The van der Waals surface area contributed by atoms with E-state index in [0.29, 0.717) is 24.6 Å². The molecule has 1 aliphatic carbocycles. The van der Waals surface area contributed by atoms with E-state index in [2.05, 4.69) is 31.3 Å². The number of hydrazone groups is 1. The molecule has 1 aliphatic heterocycles. The first-order valence-corrected chi connectivity index (χ1v) is 11.1. The van der Waals surface area contributed by atoms with Crippen LogP contribution >= 0.6 is 0 Å². The predicted molar refractivity (Wildman–Crippen MR) is 106 cm³/mol. The first-order chi connectivity index (χ1) is 12.7. The summed E-state index contributed by atoms with van der Waals surface area (Å²) in [7, 11) is -3.54. The van der Waals surface area contributed by atoms with Crippen LogP contribution in [0.1, 0.15) is 63.2 Å². The molecule has 148 valence electrons. The number of nitrogens with zero attached hydrogens (tertiary/aromatic N) is 2. The third-order valence-corrected chi connectivity index (χ3v) is 7.18. The highest BCUT2D eigenvalue weighted by molar-refractivity contribution is 7.89. The first kappa shape index (κ1) is 20.0. The van der Waals surface area contributed by atoms with Gasteiger partial charge in [0.1, 0.15) is 0 Å². The topological polar surface area (TPSA) is 78.8 Å². The largest absolute Gasteiger partial charge is 0.271 e. The number of hydrogen-bond donors (Lipinski definition) is 1. The molecule has 7 heteroatoms. The maximum absolute atomic E-state index is 12.7. The van der Waals surface area contributed by atoms with Crippen molar-refractivity contribution in [2.24, 2.45) is 16.4 Å². The Bertz CT molecular complexity index is 840. The van der Waals surface area contributed by atoms with Gasteiger partial charge in [-0.05, 0) is 61.6 Å². The second-order valence-corrected chi connectivity index (χ2v) is 10.6. The average molecular weight is 392 g/mol. The van der Waals surface area contributed by atoms with E-state index in [9.17, 15) is 13.2 Å². The van der Waals surface area contributed by atoms with Crippen LogP contribution in [0.25, 0.3) is 0 Å². The van der Waals surface area contributed by atoms with Crippen LogP contribution < -0.4 is 5.43 Å². The number of carbonyl (C=O) groups excluding carboxylic acids is 1. The zero-order valence-electron chi connectivity index (χ0n) is 16.4. The second-order valence-electron chi connectivity index (χ2n) is 8.61. The summed E-state index contributed by atoms with van der Waals surface area (Å²) in [6, 6.07) is 6.21. The number of hydrogen-bond acceptors (Lipinski definition) is 4. The van der Waals surface area contributed by atoms with Crippen molar-refractivity contribution < 1.29 is 13.2 Å². The molecule has 1 heterocycles. The first-order valence-electron chi connectivity index (χ1n) is 9.63. The van der Waals surface area contributed by atoms with Crippen LogP contribution in [0.2, 0.25) is 0 Å². The van der Waals surface area contributed by atoms with Crippen molar-refractivity contribution in [2.75, 3.05) is 13.1 Å². The van der Waals surface area contributed by atoms with E-state index in [1.807, 2.05) is 0 Å². The maximum atomic E-state index is 12.7. The van der Waals surface area contributed by atoms with E-state index in [1.54, 1.807) is 18.2 Å². The van der Waals surface area contributed by atoms with Gasteiger partial charge in [0.05, 0.1) is 4.90 Å². The van der Waals surface area contributed by atoms with Gasteiger partial charge in [0.15, 0.2) is 0 Å². The van der Waals surface area contributed by atoms with Crippen LogP contribution in [0.5, 0.6) is 0 Å². The normalized spacial score (nSPS) is 24.9. The van der Waals surface area contributed by atoms with Crippen LogP contribution in [-0.2, 0) is 10.0 Å². The third kappa shape index (κ3) is 4.76. The summed E-state index contributed by atoms with van der Waals surface area (Å²) >= 11 is 0. The zero-order valence-corrected chi connectivity index (χ0v) is 17.2. The van der Waals surface area contributed by atoms with Gasteiger partial charge in [0.2, 0.25) is 10.0 Å². The van der Waals surface area contributed by atoms with Gasteiger partial charge in [0.25, 0.3) is 5.91 Å². The molecule has 0 spiro atoms. The van der Waals surface area contributed by atoms with Gasteiger partial charge in [-0.15, -0.1) is 0 Å². The molecule has 1 saturated carbocycles. The molecule has 27 heavy (non-hydrogen) atoms. The summed E-state index contributed by atoms with van der Waals surface area (Å²) in [6.45, 7) is 7.71. The summed E-state index contributed by atoms with van der Waals surface area (Å²) in [6.07, 6.45) is 4.65. The van der Waals surface area contributed by atoms with Gasteiger partial charge in [-0.1, -0.05) is 26.8 Å². The molecular formula is C20H29N3O3S. The Morgan fingerprint density at radius 3 is 2.63 bits per heavy atom. The summed E-state index contributed by atoms with van der Waals surface area (Å²) in [5.74, 6) is 0.162. The van der Waals surface area contributed by atoms with Crippen molar-refractivity contribution in [1.29, 1.82) is 0 Å². The zero-order chi connectivity index (χ0) is 19.7. The van der Waals surface area contributed by atoms with Crippen LogP contribution in [0, 0.1) is 11.3 Å². The monoisotopic (exact) mass is 391 g/mol. The molecule has 1 N–H and O–H groups in total. The Hall–Kier alpha value is -1.73. The molecule has 0 unspecified atom stereocenters. The summed E-state index contributed by atoms with van der Waals surface area (Å²) in [4.78, 5) is 12.7. The molecule has 6 nitrogen and oxygen atoms in total. The molecule has 1 atom stereocenters. The van der Waals surface area contributed by atoms with Crippen molar-refractivity contribution in [3.05, 3.63) is 29.8 Å². The molecule has 2 fully saturated rings. The Morgan fingerprint density at radius 2 is 1.96 bits per heavy atom. The van der Waals surface area contributed by atoms with E-state index in [1.165, 1.54) is 10.4 Å². The van der Waals surface area contributed by atoms with Gasteiger partial charge >= 0.3 is 0 Å².